The van der Waals surface area contributed by atoms with Crippen LogP contribution in [0.5, 0.6) is 0 Å². The molecule has 36 heavy (non-hydrogen) atoms. The van der Waals surface area contributed by atoms with Crippen LogP contribution in [0.1, 0.15) is 82.9 Å². The first kappa shape index (κ1) is 24.9. The van der Waals surface area contributed by atoms with Crippen molar-refractivity contribution in [2.75, 3.05) is 26.2 Å². The van der Waals surface area contributed by atoms with Crippen LogP contribution < -0.4 is 0 Å². The lowest BCUT2D eigenvalue weighted by Crippen LogP contribution is -2.47. The maximum absolute atomic E-state index is 14.1. The number of nitrogens with zero attached hydrogens (tertiary/aromatic N) is 4. The van der Waals surface area contributed by atoms with Gasteiger partial charge < -0.3 is 14.9 Å². The molecule has 1 N–H and O–H groups in total. The van der Waals surface area contributed by atoms with Crippen molar-refractivity contribution >= 4 is 11.8 Å². The summed E-state index contributed by atoms with van der Waals surface area (Å²) in [5.74, 6) is 0.376. The molecule has 3 heterocycles. The van der Waals surface area contributed by atoms with Crippen LogP contribution in [0.4, 0.5) is 4.39 Å². The van der Waals surface area contributed by atoms with Gasteiger partial charge in [0.15, 0.2) is 5.69 Å². The fourth-order valence-corrected chi connectivity index (χ4v) is 6.19. The number of aryl methyl sites for hydroxylation is 1. The molecular formula is C28H37FN4O3. The number of amides is 2. The third kappa shape index (κ3) is 4.56. The molecule has 2 amide bonds. The summed E-state index contributed by atoms with van der Waals surface area (Å²) in [4.78, 5) is 29.9. The molecule has 5 rings (SSSR count). The van der Waals surface area contributed by atoms with E-state index in [1.165, 1.54) is 21.6 Å². The first-order valence-corrected chi connectivity index (χ1v) is 13.3. The Morgan fingerprint density at radius 2 is 1.81 bits per heavy atom. The lowest BCUT2D eigenvalue weighted by Gasteiger charge is -2.33. The standard InChI is InChI=1S/C28H37FN4O3/c1-17-5-4-6-21(19(17)3)20-9-12-31(13-10-20)25(35)16-33-23-8-7-18(2)26(23)27(30-33)28(36)32-14-11-24(34)22(29)15-32/h4-6,18,20,22,24,34H,7-16H2,1-3H3/t18-,22-,24+/m0/s1. The maximum Gasteiger partial charge on any atom is 0.274 e. The van der Waals surface area contributed by atoms with E-state index in [0.29, 0.717) is 18.2 Å². The average molecular weight is 497 g/mol. The highest BCUT2D eigenvalue weighted by Gasteiger charge is 2.37. The molecule has 0 radical (unpaired) electrons. The van der Waals surface area contributed by atoms with E-state index in [1.807, 2.05) is 4.90 Å². The Morgan fingerprint density at radius 1 is 1.08 bits per heavy atom. The highest BCUT2D eigenvalue weighted by molar-refractivity contribution is 5.94. The van der Waals surface area contributed by atoms with E-state index in [1.54, 1.807) is 4.68 Å². The van der Waals surface area contributed by atoms with Crippen molar-refractivity contribution in [3.63, 3.8) is 0 Å². The van der Waals surface area contributed by atoms with Crippen LogP contribution in [-0.4, -0.2) is 75.0 Å². The quantitative estimate of drug-likeness (QED) is 0.703. The number of fused-ring (bicyclic) bond motifs is 1. The van der Waals surface area contributed by atoms with Gasteiger partial charge in [-0.2, -0.15) is 5.10 Å². The molecule has 0 spiro atoms. The van der Waals surface area contributed by atoms with Gasteiger partial charge in [-0.1, -0.05) is 25.1 Å². The number of benzene rings is 1. The Labute approximate surface area is 212 Å². The number of carbonyl (C=O) groups excluding carboxylic acids is 2. The Morgan fingerprint density at radius 3 is 2.53 bits per heavy atom. The molecule has 2 aromatic rings. The zero-order valence-electron chi connectivity index (χ0n) is 21.5. The van der Waals surface area contributed by atoms with Gasteiger partial charge in [0.25, 0.3) is 5.91 Å². The van der Waals surface area contributed by atoms with E-state index in [2.05, 4.69) is 44.1 Å². The Kier molecular flexibility index (Phi) is 6.90. The number of hydrogen-bond donors (Lipinski definition) is 1. The minimum atomic E-state index is -1.44. The summed E-state index contributed by atoms with van der Waals surface area (Å²) in [6.45, 7) is 8.15. The number of likely N-dealkylation sites (tertiary alicyclic amines) is 2. The van der Waals surface area contributed by atoms with Crippen molar-refractivity contribution in [1.82, 2.24) is 19.6 Å². The molecule has 2 saturated heterocycles. The number of aliphatic hydroxyl groups is 1. The number of carbonyl (C=O) groups is 2. The second-order valence-corrected chi connectivity index (χ2v) is 10.9. The summed E-state index contributed by atoms with van der Waals surface area (Å²) in [6.07, 6.45) is 1.34. The zero-order valence-corrected chi connectivity index (χ0v) is 21.5. The third-order valence-corrected chi connectivity index (χ3v) is 8.62. The average Bonchev–Trinajstić information content (AvgIpc) is 3.43. The number of aliphatic hydroxyl groups excluding tert-OH is 1. The lowest BCUT2D eigenvalue weighted by molar-refractivity contribution is -0.133. The van der Waals surface area contributed by atoms with Crippen LogP contribution in [0.3, 0.4) is 0 Å². The molecule has 2 aliphatic heterocycles. The molecule has 3 aliphatic rings. The molecule has 0 bridgehead atoms. The van der Waals surface area contributed by atoms with Gasteiger partial charge in [-0.05, 0) is 74.5 Å². The molecule has 0 unspecified atom stereocenters. The fourth-order valence-electron chi connectivity index (χ4n) is 6.19. The predicted molar refractivity (Wildman–Crippen MR) is 135 cm³/mol. The van der Waals surface area contributed by atoms with Gasteiger partial charge in [0.2, 0.25) is 5.91 Å². The van der Waals surface area contributed by atoms with Gasteiger partial charge in [-0.15, -0.1) is 0 Å². The Hall–Kier alpha value is -2.74. The van der Waals surface area contributed by atoms with Crippen LogP contribution in [0.2, 0.25) is 0 Å². The zero-order chi connectivity index (χ0) is 25.6. The summed E-state index contributed by atoms with van der Waals surface area (Å²) >= 11 is 0. The van der Waals surface area contributed by atoms with E-state index in [-0.39, 0.29) is 37.2 Å². The molecule has 8 heteroatoms. The van der Waals surface area contributed by atoms with Crippen LogP contribution in [0, 0.1) is 13.8 Å². The van der Waals surface area contributed by atoms with Gasteiger partial charge >= 0.3 is 0 Å². The van der Waals surface area contributed by atoms with Gasteiger partial charge in [-0.25, -0.2) is 4.39 Å². The van der Waals surface area contributed by atoms with Crippen molar-refractivity contribution in [1.29, 1.82) is 0 Å². The minimum absolute atomic E-state index is 0.0307. The van der Waals surface area contributed by atoms with E-state index >= 15 is 0 Å². The van der Waals surface area contributed by atoms with Crippen molar-refractivity contribution in [2.45, 2.75) is 83.5 Å². The van der Waals surface area contributed by atoms with Gasteiger partial charge in [0.1, 0.15) is 12.7 Å². The van der Waals surface area contributed by atoms with E-state index < -0.39 is 12.3 Å². The van der Waals surface area contributed by atoms with Crippen LogP contribution in [0.15, 0.2) is 18.2 Å². The minimum Gasteiger partial charge on any atom is -0.390 e. The molecular weight excluding hydrogens is 459 g/mol. The SMILES string of the molecule is Cc1cccc(C2CCN(C(=O)Cn3nc(C(=O)N4CC[C@@H](O)[C@@H](F)C4)c4c3CC[C@@H]4C)CC2)c1C. The molecule has 2 fully saturated rings. The largest absolute Gasteiger partial charge is 0.390 e. The summed E-state index contributed by atoms with van der Waals surface area (Å²) in [5, 5.41) is 14.3. The maximum atomic E-state index is 14.1. The highest BCUT2D eigenvalue weighted by Crippen LogP contribution is 2.36. The Balaban J connectivity index is 1.28. The molecule has 1 aromatic carbocycles. The molecule has 0 saturated carbocycles. The van der Waals surface area contributed by atoms with Crippen molar-refractivity contribution in [3.8, 4) is 0 Å². The number of alkyl halides is 1. The summed E-state index contributed by atoms with van der Waals surface area (Å²) < 4.78 is 15.8. The molecule has 194 valence electrons. The van der Waals surface area contributed by atoms with Crippen molar-refractivity contribution in [3.05, 3.63) is 51.8 Å². The van der Waals surface area contributed by atoms with Crippen LogP contribution in [0.25, 0.3) is 0 Å². The van der Waals surface area contributed by atoms with Crippen molar-refractivity contribution < 1.29 is 19.1 Å². The third-order valence-electron chi connectivity index (χ3n) is 8.62. The second kappa shape index (κ2) is 9.96. The molecule has 7 nitrogen and oxygen atoms in total. The number of piperidine rings is 2. The monoisotopic (exact) mass is 496 g/mol. The highest BCUT2D eigenvalue weighted by atomic mass is 19.1. The second-order valence-electron chi connectivity index (χ2n) is 10.9. The van der Waals surface area contributed by atoms with Gasteiger partial charge in [0.05, 0.1) is 12.6 Å². The first-order valence-electron chi connectivity index (χ1n) is 13.3. The number of rotatable bonds is 4. The lowest BCUT2D eigenvalue weighted by atomic mass is 9.85. The van der Waals surface area contributed by atoms with E-state index in [4.69, 9.17) is 0 Å². The number of halogens is 1. The first-order chi connectivity index (χ1) is 17.2. The van der Waals surface area contributed by atoms with Gasteiger partial charge in [0, 0.05) is 30.9 Å². The van der Waals surface area contributed by atoms with Crippen LogP contribution >= 0.6 is 0 Å². The summed E-state index contributed by atoms with van der Waals surface area (Å²) in [5.41, 5.74) is 6.26. The molecule has 3 atom stereocenters. The van der Waals surface area contributed by atoms with E-state index in [9.17, 15) is 19.1 Å². The fraction of sp³-hybridized carbons (Fsp3) is 0.607. The number of hydrogen-bond acceptors (Lipinski definition) is 4. The molecule has 1 aliphatic carbocycles. The Bertz CT molecular complexity index is 1150. The predicted octanol–water partition coefficient (Wildman–Crippen LogP) is 3.50. The van der Waals surface area contributed by atoms with Crippen molar-refractivity contribution in [2.24, 2.45) is 0 Å². The smallest absolute Gasteiger partial charge is 0.274 e. The van der Waals surface area contributed by atoms with Crippen LogP contribution in [-0.2, 0) is 17.8 Å². The normalized spacial score (nSPS) is 24.8. The molecule has 1 aromatic heterocycles. The summed E-state index contributed by atoms with van der Waals surface area (Å²) in [7, 11) is 0. The topological polar surface area (TPSA) is 78.7 Å². The summed E-state index contributed by atoms with van der Waals surface area (Å²) in [6, 6.07) is 6.48. The number of aromatic nitrogens is 2. The van der Waals surface area contributed by atoms with E-state index in [0.717, 1.165) is 50.0 Å². The van der Waals surface area contributed by atoms with Gasteiger partial charge in [-0.3, -0.25) is 14.3 Å².